The maximum Gasteiger partial charge on any atom is 0.245 e. The van der Waals surface area contributed by atoms with E-state index in [-0.39, 0.29) is 5.91 Å². The summed E-state index contributed by atoms with van der Waals surface area (Å²) in [5.41, 5.74) is 1.99. The third-order valence-corrected chi connectivity index (χ3v) is 4.50. The van der Waals surface area contributed by atoms with Crippen molar-refractivity contribution in [3.05, 3.63) is 95.9 Å². The number of amides is 1. The van der Waals surface area contributed by atoms with Gasteiger partial charge in [0.25, 0.3) is 0 Å². The van der Waals surface area contributed by atoms with Crippen LogP contribution >= 0.6 is 11.6 Å². The van der Waals surface area contributed by atoms with Gasteiger partial charge in [0, 0.05) is 6.54 Å². The highest BCUT2D eigenvalue weighted by molar-refractivity contribution is 6.30. The van der Waals surface area contributed by atoms with Crippen LogP contribution in [0.5, 0.6) is 0 Å². The van der Waals surface area contributed by atoms with E-state index in [1.165, 1.54) is 5.56 Å². The summed E-state index contributed by atoms with van der Waals surface area (Å²) in [7, 11) is 0. The molecule has 25 heavy (non-hydrogen) atoms. The average Bonchev–Trinajstić information content (AvgIpc) is 3.18. The van der Waals surface area contributed by atoms with Crippen molar-refractivity contribution in [2.45, 2.75) is 18.3 Å². The van der Waals surface area contributed by atoms with Crippen LogP contribution in [0.2, 0.25) is 0 Å². The van der Waals surface area contributed by atoms with Gasteiger partial charge >= 0.3 is 0 Å². The fourth-order valence-corrected chi connectivity index (χ4v) is 2.97. The van der Waals surface area contributed by atoms with E-state index in [2.05, 4.69) is 12.1 Å². The number of carbonyl (C=O) groups excluding carboxylic acids is 1. The zero-order valence-corrected chi connectivity index (χ0v) is 14.6. The molecule has 3 nitrogen and oxygen atoms in total. The molecule has 1 heterocycles. The van der Waals surface area contributed by atoms with Gasteiger partial charge in [-0.25, -0.2) is 0 Å². The molecule has 0 bridgehead atoms. The Bertz CT molecular complexity index is 772. The molecule has 1 amide bonds. The highest BCUT2D eigenvalue weighted by Gasteiger charge is 2.24. The summed E-state index contributed by atoms with van der Waals surface area (Å²) in [5.74, 6) is 0.638. The van der Waals surface area contributed by atoms with E-state index in [9.17, 15) is 4.79 Å². The Morgan fingerprint density at radius 1 is 0.960 bits per heavy atom. The van der Waals surface area contributed by atoms with Gasteiger partial charge in [0.15, 0.2) is 0 Å². The third kappa shape index (κ3) is 4.74. The van der Waals surface area contributed by atoms with E-state index in [1.807, 2.05) is 60.7 Å². The van der Waals surface area contributed by atoms with Crippen LogP contribution < -0.4 is 0 Å². The molecule has 1 aromatic heterocycles. The second kappa shape index (κ2) is 8.54. The van der Waals surface area contributed by atoms with Crippen LogP contribution in [0.3, 0.4) is 0 Å². The Kier molecular flexibility index (Phi) is 5.91. The molecule has 1 atom stereocenters. The molecule has 0 saturated carbocycles. The van der Waals surface area contributed by atoms with Gasteiger partial charge in [0.05, 0.1) is 12.8 Å². The van der Waals surface area contributed by atoms with Gasteiger partial charge in [-0.3, -0.25) is 4.79 Å². The molecule has 0 unspecified atom stereocenters. The summed E-state index contributed by atoms with van der Waals surface area (Å²) in [6.07, 6.45) is 2.39. The standard InChI is InChI=1S/C21H20ClNO2/c22-20(18-10-5-2-6-11-18)21(24)23(16-19-12-7-15-25-19)14-13-17-8-3-1-4-9-17/h1-12,15,20H,13-14,16H2/t20-/m0/s1. The van der Waals surface area contributed by atoms with E-state index >= 15 is 0 Å². The van der Waals surface area contributed by atoms with Crippen molar-refractivity contribution in [2.75, 3.05) is 6.54 Å². The molecule has 0 saturated heterocycles. The van der Waals surface area contributed by atoms with Crippen LogP contribution in [0, 0.1) is 0 Å². The molecule has 0 radical (unpaired) electrons. The second-order valence-corrected chi connectivity index (χ2v) is 6.28. The molecule has 4 heteroatoms. The van der Waals surface area contributed by atoms with Crippen LogP contribution in [0.15, 0.2) is 83.5 Å². The van der Waals surface area contributed by atoms with E-state index in [1.54, 1.807) is 11.2 Å². The van der Waals surface area contributed by atoms with Gasteiger partial charge < -0.3 is 9.32 Å². The van der Waals surface area contributed by atoms with E-state index in [0.717, 1.165) is 17.7 Å². The lowest BCUT2D eigenvalue weighted by atomic mass is 10.1. The maximum absolute atomic E-state index is 12.9. The Labute approximate surface area is 152 Å². The number of benzene rings is 2. The number of carbonyl (C=O) groups is 1. The van der Waals surface area contributed by atoms with Crippen LogP contribution in [-0.2, 0) is 17.8 Å². The van der Waals surface area contributed by atoms with Crippen molar-refractivity contribution < 1.29 is 9.21 Å². The Morgan fingerprint density at radius 3 is 2.28 bits per heavy atom. The summed E-state index contributed by atoms with van der Waals surface area (Å²) in [4.78, 5) is 14.7. The van der Waals surface area contributed by atoms with E-state index in [4.69, 9.17) is 16.0 Å². The highest BCUT2D eigenvalue weighted by Crippen LogP contribution is 2.24. The SMILES string of the molecule is O=C([C@@H](Cl)c1ccccc1)N(CCc1ccccc1)Cc1ccco1. The molecule has 3 rings (SSSR count). The monoisotopic (exact) mass is 353 g/mol. The predicted octanol–water partition coefficient (Wildman–Crippen LogP) is 4.83. The molecular weight excluding hydrogens is 334 g/mol. The fraction of sp³-hybridized carbons (Fsp3) is 0.190. The number of halogens is 1. The Morgan fingerprint density at radius 2 is 1.64 bits per heavy atom. The largest absolute Gasteiger partial charge is 0.467 e. The van der Waals surface area contributed by atoms with Gasteiger partial charge in [-0.15, -0.1) is 11.6 Å². The highest BCUT2D eigenvalue weighted by atomic mass is 35.5. The lowest BCUT2D eigenvalue weighted by Crippen LogP contribution is -2.34. The van der Waals surface area contributed by atoms with Crippen LogP contribution in [0.1, 0.15) is 22.3 Å². The van der Waals surface area contributed by atoms with Crippen LogP contribution in [-0.4, -0.2) is 17.4 Å². The first-order valence-corrected chi connectivity index (χ1v) is 8.72. The maximum atomic E-state index is 12.9. The smallest absolute Gasteiger partial charge is 0.245 e. The number of hydrogen-bond acceptors (Lipinski definition) is 2. The Balaban J connectivity index is 1.74. The van der Waals surface area contributed by atoms with Crippen molar-refractivity contribution in [1.82, 2.24) is 4.90 Å². The molecule has 0 fully saturated rings. The number of nitrogens with zero attached hydrogens (tertiary/aromatic N) is 1. The molecule has 0 N–H and O–H groups in total. The van der Waals surface area contributed by atoms with Gasteiger partial charge in [-0.1, -0.05) is 60.7 Å². The van der Waals surface area contributed by atoms with Crippen molar-refractivity contribution in [2.24, 2.45) is 0 Å². The average molecular weight is 354 g/mol. The molecule has 128 valence electrons. The van der Waals surface area contributed by atoms with E-state index in [0.29, 0.717) is 13.1 Å². The van der Waals surface area contributed by atoms with Gasteiger partial charge in [-0.05, 0) is 29.7 Å². The molecule has 3 aromatic rings. The van der Waals surface area contributed by atoms with Gasteiger partial charge in [0.1, 0.15) is 11.1 Å². The summed E-state index contributed by atoms with van der Waals surface area (Å²) in [6.45, 7) is 0.994. The third-order valence-electron chi connectivity index (χ3n) is 4.06. The van der Waals surface area contributed by atoms with Crippen molar-refractivity contribution >= 4 is 17.5 Å². The topological polar surface area (TPSA) is 33.5 Å². The number of alkyl halides is 1. The molecule has 0 aliphatic heterocycles. The molecule has 2 aromatic carbocycles. The van der Waals surface area contributed by atoms with Crippen LogP contribution in [0.4, 0.5) is 0 Å². The predicted molar refractivity (Wildman–Crippen MR) is 99.3 cm³/mol. The first-order chi connectivity index (χ1) is 12.2. The summed E-state index contributed by atoms with van der Waals surface area (Å²) < 4.78 is 5.41. The van der Waals surface area contributed by atoms with Gasteiger partial charge in [0.2, 0.25) is 5.91 Å². The van der Waals surface area contributed by atoms with Crippen molar-refractivity contribution in [1.29, 1.82) is 0 Å². The number of hydrogen-bond donors (Lipinski definition) is 0. The zero-order chi connectivity index (χ0) is 17.5. The fourth-order valence-electron chi connectivity index (χ4n) is 2.69. The quantitative estimate of drug-likeness (QED) is 0.570. The minimum atomic E-state index is -0.702. The molecule has 0 spiro atoms. The normalized spacial score (nSPS) is 11.9. The summed E-state index contributed by atoms with van der Waals surface area (Å²) >= 11 is 6.45. The minimum Gasteiger partial charge on any atom is -0.467 e. The first-order valence-electron chi connectivity index (χ1n) is 8.28. The number of furan rings is 1. The number of rotatable bonds is 7. The van der Waals surface area contributed by atoms with Crippen LogP contribution in [0.25, 0.3) is 0 Å². The summed E-state index contributed by atoms with van der Waals surface area (Å²) in [6, 6.07) is 23.2. The minimum absolute atomic E-state index is 0.111. The first kappa shape index (κ1) is 17.3. The molecule has 0 aliphatic carbocycles. The molecular formula is C21H20ClNO2. The summed E-state index contributed by atoms with van der Waals surface area (Å²) in [5, 5.41) is -0.702. The lowest BCUT2D eigenvalue weighted by Gasteiger charge is -2.24. The second-order valence-electron chi connectivity index (χ2n) is 5.85. The Hall–Kier alpha value is -2.52. The molecule has 0 aliphatic rings. The lowest BCUT2D eigenvalue weighted by molar-refractivity contribution is -0.131. The van der Waals surface area contributed by atoms with E-state index < -0.39 is 5.38 Å². The van der Waals surface area contributed by atoms with Gasteiger partial charge in [-0.2, -0.15) is 0 Å². The van der Waals surface area contributed by atoms with Crippen molar-refractivity contribution in [3.63, 3.8) is 0 Å². The zero-order valence-electron chi connectivity index (χ0n) is 13.8. The van der Waals surface area contributed by atoms with Crippen molar-refractivity contribution in [3.8, 4) is 0 Å².